The summed E-state index contributed by atoms with van der Waals surface area (Å²) in [6.07, 6.45) is 2.09. The lowest BCUT2D eigenvalue weighted by Gasteiger charge is -2.33. The van der Waals surface area contributed by atoms with Crippen molar-refractivity contribution in [1.29, 1.82) is 0 Å². The summed E-state index contributed by atoms with van der Waals surface area (Å²) < 4.78 is 25.4. The summed E-state index contributed by atoms with van der Waals surface area (Å²) in [6.45, 7) is 9.93. The third-order valence-electron chi connectivity index (χ3n) is 1.99. The summed E-state index contributed by atoms with van der Waals surface area (Å²) in [4.78, 5) is 0. The zero-order valence-corrected chi connectivity index (χ0v) is 10.7. The maximum Gasteiger partial charge on any atom is 0.214 e. The summed E-state index contributed by atoms with van der Waals surface area (Å²) >= 11 is 0. The Morgan fingerprint density at radius 1 is 1.40 bits per heavy atom. The number of nitrogens with zero attached hydrogens (tertiary/aromatic N) is 1. The predicted molar refractivity (Wildman–Crippen MR) is 64.1 cm³/mol. The lowest BCUT2D eigenvalue weighted by Crippen LogP contribution is -2.46. The first-order valence-electron chi connectivity index (χ1n) is 5.07. The molecule has 0 amide bonds. The summed E-state index contributed by atoms with van der Waals surface area (Å²) in [7, 11) is -3.22. The SMILES string of the molecule is C=CCN(C(C)(C)C)S(=O)(=O)CCCN. The van der Waals surface area contributed by atoms with Crippen molar-refractivity contribution in [1.82, 2.24) is 4.31 Å². The number of sulfonamides is 1. The van der Waals surface area contributed by atoms with Crippen molar-refractivity contribution in [2.75, 3.05) is 18.8 Å². The van der Waals surface area contributed by atoms with E-state index in [1.165, 1.54) is 4.31 Å². The monoisotopic (exact) mass is 234 g/mol. The summed E-state index contributed by atoms with van der Waals surface area (Å²) in [6, 6.07) is 0. The van der Waals surface area contributed by atoms with Crippen LogP contribution in [0.25, 0.3) is 0 Å². The van der Waals surface area contributed by atoms with E-state index in [4.69, 9.17) is 5.73 Å². The van der Waals surface area contributed by atoms with Gasteiger partial charge < -0.3 is 5.73 Å². The zero-order chi connectivity index (χ0) is 12.1. The van der Waals surface area contributed by atoms with Gasteiger partial charge in [0.2, 0.25) is 10.0 Å². The van der Waals surface area contributed by atoms with Gasteiger partial charge in [0.25, 0.3) is 0 Å². The molecule has 0 saturated carbocycles. The molecule has 0 unspecified atom stereocenters. The molecular formula is C10H22N2O2S. The van der Waals surface area contributed by atoms with E-state index in [9.17, 15) is 8.42 Å². The van der Waals surface area contributed by atoms with Crippen LogP contribution in [0.5, 0.6) is 0 Å². The smallest absolute Gasteiger partial charge is 0.214 e. The van der Waals surface area contributed by atoms with Gasteiger partial charge in [0.15, 0.2) is 0 Å². The Kier molecular flexibility index (Phi) is 5.48. The van der Waals surface area contributed by atoms with E-state index in [1.54, 1.807) is 6.08 Å². The van der Waals surface area contributed by atoms with Gasteiger partial charge in [-0.1, -0.05) is 6.08 Å². The van der Waals surface area contributed by atoms with Crippen molar-refractivity contribution >= 4 is 10.0 Å². The Morgan fingerprint density at radius 2 is 1.93 bits per heavy atom. The Morgan fingerprint density at radius 3 is 2.27 bits per heavy atom. The standard InChI is InChI=1S/C10H22N2O2S/c1-5-8-12(10(2,3)4)15(13,14)9-6-7-11/h5H,1,6-9,11H2,2-4H3. The Labute approximate surface area is 93.2 Å². The predicted octanol–water partition coefficient (Wildman–Crippen LogP) is 0.951. The average Bonchev–Trinajstić information content (AvgIpc) is 2.09. The first-order chi connectivity index (χ1) is 6.75. The molecule has 0 aromatic carbocycles. The Hall–Kier alpha value is -0.390. The first-order valence-corrected chi connectivity index (χ1v) is 6.68. The van der Waals surface area contributed by atoms with Crippen molar-refractivity contribution in [3.8, 4) is 0 Å². The van der Waals surface area contributed by atoms with Crippen LogP contribution in [-0.2, 0) is 10.0 Å². The minimum Gasteiger partial charge on any atom is -0.330 e. The molecule has 0 fully saturated rings. The molecule has 15 heavy (non-hydrogen) atoms. The highest BCUT2D eigenvalue weighted by molar-refractivity contribution is 7.89. The molecule has 90 valence electrons. The van der Waals surface area contributed by atoms with Crippen LogP contribution in [0.3, 0.4) is 0 Å². The number of rotatable bonds is 6. The summed E-state index contributed by atoms with van der Waals surface area (Å²) in [5.41, 5.74) is 4.90. The molecule has 2 N–H and O–H groups in total. The molecule has 0 aliphatic heterocycles. The average molecular weight is 234 g/mol. The van der Waals surface area contributed by atoms with Crippen LogP contribution < -0.4 is 5.73 Å². The van der Waals surface area contributed by atoms with Gasteiger partial charge in [0, 0.05) is 12.1 Å². The van der Waals surface area contributed by atoms with Gasteiger partial charge in [0.1, 0.15) is 0 Å². The van der Waals surface area contributed by atoms with E-state index in [2.05, 4.69) is 6.58 Å². The normalized spacial score (nSPS) is 13.1. The van der Waals surface area contributed by atoms with Crippen LogP contribution in [0.4, 0.5) is 0 Å². The van der Waals surface area contributed by atoms with Crippen LogP contribution in [0.2, 0.25) is 0 Å². The topological polar surface area (TPSA) is 63.4 Å². The molecule has 0 radical (unpaired) electrons. The third kappa shape index (κ3) is 4.77. The van der Waals surface area contributed by atoms with Gasteiger partial charge in [-0.3, -0.25) is 0 Å². The molecule has 0 aromatic rings. The lowest BCUT2D eigenvalue weighted by atomic mass is 10.1. The fraction of sp³-hybridized carbons (Fsp3) is 0.800. The molecule has 5 heteroatoms. The van der Waals surface area contributed by atoms with E-state index < -0.39 is 15.6 Å². The van der Waals surface area contributed by atoms with Crippen molar-refractivity contribution in [3.63, 3.8) is 0 Å². The maximum atomic E-state index is 11.9. The van der Waals surface area contributed by atoms with Crippen molar-refractivity contribution in [2.24, 2.45) is 5.73 Å². The molecule has 0 aliphatic rings. The second-order valence-electron chi connectivity index (χ2n) is 4.45. The highest BCUT2D eigenvalue weighted by Crippen LogP contribution is 2.18. The quantitative estimate of drug-likeness (QED) is 0.696. The Balaban J connectivity index is 4.83. The van der Waals surface area contributed by atoms with E-state index >= 15 is 0 Å². The second-order valence-corrected chi connectivity index (χ2v) is 6.46. The lowest BCUT2D eigenvalue weighted by molar-refractivity contribution is 0.269. The number of nitrogens with two attached hydrogens (primary N) is 1. The van der Waals surface area contributed by atoms with Gasteiger partial charge in [-0.15, -0.1) is 6.58 Å². The van der Waals surface area contributed by atoms with Crippen LogP contribution in [0.1, 0.15) is 27.2 Å². The minimum atomic E-state index is -3.22. The molecule has 0 rings (SSSR count). The molecule has 0 aliphatic carbocycles. The molecule has 0 aromatic heterocycles. The molecule has 0 bridgehead atoms. The molecule has 4 nitrogen and oxygen atoms in total. The van der Waals surface area contributed by atoms with Crippen molar-refractivity contribution in [2.45, 2.75) is 32.7 Å². The maximum absolute atomic E-state index is 11.9. The fourth-order valence-electron chi connectivity index (χ4n) is 1.30. The van der Waals surface area contributed by atoms with E-state index in [-0.39, 0.29) is 5.75 Å². The first kappa shape index (κ1) is 14.6. The minimum absolute atomic E-state index is 0.106. The van der Waals surface area contributed by atoms with E-state index in [0.29, 0.717) is 19.5 Å². The molecular weight excluding hydrogens is 212 g/mol. The largest absolute Gasteiger partial charge is 0.330 e. The highest BCUT2D eigenvalue weighted by Gasteiger charge is 2.30. The van der Waals surface area contributed by atoms with E-state index in [1.807, 2.05) is 20.8 Å². The molecule has 0 spiro atoms. The number of hydrogen-bond donors (Lipinski definition) is 1. The molecule has 0 atom stereocenters. The molecule has 0 heterocycles. The Bertz CT molecular complexity index is 291. The van der Waals surface area contributed by atoms with E-state index in [0.717, 1.165) is 0 Å². The number of hydrogen-bond acceptors (Lipinski definition) is 3. The van der Waals surface area contributed by atoms with Gasteiger partial charge in [-0.25, -0.2) is 8.42 Å². The summed E-state index contributed by atoms with van der Waals surface area (Å²) in [5.74, 6) is 0.106. The van der Waals surface area contributed by atoms with Crippen LogP contribution in [-0.4, -0.2) is 37.1 Å². The van der Waals surface area contributed by atoms with Crippen molar-refractivity contribution in [3.05, 3.63) is 12.7 Å². The van der Waals surface area contributed by atoms with Gasteiger partial charge in [-0.05, 0) is 33.7 Å². The zero-order valence-electron chi connectivity index (χ0n) is 9.86. The summed E-state index contributed by atoms with van der Waals surface area (Å²) in [5, 5.41) is 0. The van der Waals surface area contributed by atoms with Crippen LogP contribution in [0, 0.1) is 0 Å². The highest BCUT2D eigenvalue weighted by atomic mass is 32.2. The van der Waals surface area contributed by atoms with Crippen molar-refractivity contribution < 1.29 is 8.42 Å². The fourth-order valence-corrected chi connectivity index (χ4v) is 3.22. The van der Waals surface area contributed by atoms with Gasteiger partial charge >= 0.3 is 0 Å². The third-order valence-corrected chi connectivity index (χ3v) is 4.16. The van der Waals surface area contributed by atoms with Crippen LogP contribution in [0.15, 0.2) is 12.7 Å². The van der Waals surface area contributed by atoms with Gasteiger partial charge in [-0.2, -0.15) is 4.31 Å². The van der Waals surface area contributed by atoms with Gasteiger partial charge in [0.05, 0.1) is 5.75 Å². The van der Waals surface area contributed by atoms with Crippen LogP contribution >= 0.6 is 0 Å². The molecule has 0 saturated heterocycles. The second kappa shape index (κ2) is 5.63.